The van der Waals surface area contributed by atoms with Gasteiger partial charge in [-0.05, 0) is 42.7 Å². The van der Waals surface area contributed by atoms with Crippen molar-refractivity contribution >= 4 is 39.7 Å². The Hall–Kier alpha value is -1.88. The molecule has 2 aliphatic rings. The molecular formula is C25H29Cl2N3O. The van der Waals surface area contributed by atoms with Crippen LogP contribution in [0.4, 0.5) is 5.69 Å². The third-order valence-corrected chi connectivity index (χ3v) is 7.64. The summed E-state index contributed by atoms with van der Waals surface area (Å²) in [4.78, 5) is 4.87. The predicted molar refractivity (Wildman–Crippen MR) is 130 cm³/mol. The lowest BCUT2D eigenvalue weighted by atomic mass is 9.95. The fraction of sp³-hybridized carbons (Fsp3) is 0.440. The molecule has 0 amide bonds. The number of halogens is 2. The molecule has 5 rings (SSSR count). The minimum atomic E-state index is 0.432. The standard InChI is InChI=1S/C25H29Cl2N3O/c26-23-9-6-18(14-24(23)27)16-28-10-12-29(13-11-28)21-8-7-19-17-30(25(31)22(19)15-21)20-4-2-1-3-5-20/h6-9,14-15,17,20,31H,1-5,10-13,16H2. The number of aromatic hydroxyl groups is 1. The number of rotatable bonds is 4. The first-order valence-electron chi connectivity index (χ1n) is 11.3. The van der Waals surface area contributed by atoms with Crippen LogP contribution in [0.1, 0.15) is 43.7 Å². The van der Waals surface area contributed by atoms with Gasteiger partial charge in [-0.15, -0.1) is 0 Å². The van der Waals surface area contributed by atoms with Crippen molar-refractivity contribution in [2.45, 2.75) is 44.7 Å². The van der Waals surface area contributed by atoms with E-state index >= 15 is 0 Å². The summed E-state index contributed by atoms with van der Waals surface area (Å²) in [7, 11) is 0. The average molecular weight is 458 g/mol. The van der Waals surface area contributed by atoms with Gasteiger partial charge in [0.05, 0.1) is 10.0 Å². The zero-order chi connectivity index (χ0) is 21.4. The van der Waals surface area contributed by atoms with E-state index in [0.717, 1.165) is 43.5 Å². The minimum absolute atomic E-state index is 0.432. The lowest BCUT2D eigenvalue weighted by Gasteiger charge is -2.36. The first kappa shape index (κ1) is 21.0. The van der Waals surface area contributed by atoms with Gasteiger partial charge in [-0.25, -0.2) is 0 Å². The third kappa shape index (κ3) is 4.39. The molecular weight excluding hydrogens is 429 g/mol. The number of nitrogens with zero attached hydrogens (tertiary/aromatic N) is 3. The molecule has 2 heterocycles. The van der Waals surface area contributed by atoms with E-state index in [9.17, 15) is 5.11 Å². The molecule has 6 heteroatoms. The van der Waals surface area contributed by atoms with E-state index in [2.05, 4.69) is 38.8 Å². The van der Waals surface area contributed by atoms with Gasteiger partial charge in [0.1, 0.15) is 0 Å². The van der Waals surface area contributed by atoms with Crippen LogP contribution in [0, 0.1) is 0 Å². The number of piperazine rings is 1. The molecule has 2 aromatic carbocycles. The Balaban J connectivity index is 1.27. The summed E-state index contributed by atoms with van der Waals surface area (Å²) >= 11 is 12.2. The van der Waals surface area contributed by atoms with Crippen LogP contribution in [-0.4, -0.2) is 40.8 Å². The van der Waals surface area contributed by atoms with E-state index in [1.165, 1.54) is 43.4 Å². The van der Waals surface area contributed by atoms with Crippen molar-refractivity contribution in [2.75, 3.05) is 31.1 Å². The summed E-state index contributed by atoms with van der Waals surface area (Å²) in [6, 6.07) is 12.8. The summed E-state index contributed by atoms with van der Waals surface area (Å²) in [5, 5.41) is 14.3. The smallest absolute Gasteiger partial charge is 0.199 e. The van der Waals surface area contributed by atoms with Crippen LogP contribution in [0.3, 0.4) is 0 Å². The summed E-state index contributed by atoms with van der Waals surface area (Å²) in [6.45, 7) is 4.81. The SMILES string of the molecule is Oc1c2cc(N3CCN(Cc4ccc(Cl)c(Cl)c4)CC3)ccc2cn1C1CCCCC1. The van der Waals surface area contributed by atoms with Gasteiger partial charge in [0.15, 0.2) is 5.88 Å². The first-order chi connectivity index (χ1) is 15.1. The van der Waals surface area contributed by atoms with Gasteiger partial charge in [0.25, 0.3) is 0 Å². The van der Waals surface area contributed by atoms with Crippen molar-refractivity contribution in [2.24, 2.45) is 0 Å². The molecule has 0 atom stereocenters. The molecule has 0 radical (unpaired) electrons. The summed E-state index contributed by atoms with van der Waals surface area (Å²) in [5.41, 5.74) is 2.39. The number of fused-ring (bicyclic) bond motifs is 1. The van der Waals surface area contributed by atoms with Crippen molar-refractivity contribution < 1.29 is 5.11 Å². The molecule has 3 aromatic rings. The van der Waals surface area contributed by atoms with Crippen LogP contribution in [0.2, 0.25) is 10.0 Å². The molecule has 1 aliphatic heterocycles. The molecule has 1 N–H and O–H groups in total. The second kappa shape index (κ2) is 8.93. The van der Waals surface area contributed by atoms with Gasteiger partial charge in [-0.1, -0.05) is 54.6 Å². The zero-order valence-electron chi connectivity index (χ0n) is 17.7. The molecule has 1 saturated carbocycles. The molecule has 1 aliphatic carbocycles. The highest BCUT2D eigenvalue weighted by atomic mass is 35.5. The Morgan fingerprint density at radius 1 is 0.871 bits per heavy atom. The minimum Gasteiger partial charge on any atom is -0.494 e. The number of benzene rings is 2. The molecule has 31 heavy (non-hydrogen) atoms. The highest BCUT2D eigenvalue weighted by molar-refractivity contribution is 6.42. The highest BCUT2D eigenvalue weighted by Gasteiger charge is 2.22. The Morgan fingerprint density at radius 2 is 1.65 bits per heavy atom. The Kier molecular flexibility index (Phi) is 6.05. The van der Waals surface area contributed by atoms with Gasteiger partial charge in [0, 0.05) is 61.4 Å². The van der Waals surface area contributed by atoms with Crippen molar-refractivity contribution in [3.63, 3.8) is 0 Å². The molecule has 2 fully saturated rings. The van der Waals surface area contributed by atoms with Crippen LogP contribution >= 0.6 is 23.2 Å². The van der Waals surface area contributed by atoms with Gasteiger partial charge in [0.2, 0.25) is 0 Å². The molecule has 0 spiro atoms. The van der Waals surface area contributed by atoms with Crippen LogP contribution in [0.15, 0.2) is 42.6 Å². The van der Waals surface area contributed by atoms with E-state index in [0.29, 0.717) is 22.0 Å². The molecule has 4 nitrogen and oxygen atoms in total. The molecule has 1 aromatic heterocycles. The van der Waals surface area contributed by atoms with Gasteiger partial charge >= 0.3 is 0 Å². The van der Waals surface area contributed by atoms with E-state index in [1.54, 1.807) is 0 Å². The number of hydrogen-bond donors (Lipinski definition) is 1. The average Bonchev–Trinajstić information content (AvgIpc) is 3.13. The Bertz CT molecular complexity index is 1070. The quantitative estimate of drug-likeness (QED) is 0.486. The maximum absolute atomic E-state index is 10.9. The maximum atomic E-state index is 10.9. The normalized spacial score (nSPS) is 18.7. The third-order valence-electron chi connectivity index (χ3n) is 6.90. The number of anilines is 1. The van der Waals surface area contributed by atoms with Crippen LogP contribution in [0.25, 0.3) is 10.8 Å². The van der Waals surface area contributed by atoms with Crippen molar-refractivity contribution in [1.82, 2.24) is 9.47 Å². The summed E-state index contributed by atoms with van der Waals surface area (Å²) in [6.07, 6.45) is 8.32. The monoisotopic (exact) mass is 457 g/mol. The number of aromatic nitrogens is 1. The van der Waals surface area contributed by atoms with Gasteiger partial charge < -0.3 is 14.6 Å². The summed E-state index contributed by atoms with van der Waals surface area (Å²) < 4.78 is 2.11. The molecule has 1 saturated heterocycles. The van der Waals surface area contributed by atoms with Gasteiger partial charge in [-0.3, -0.25) is 4.90 Å². The first-order valence-corrected chi connectivity index (χ1v) is 12.1. The molecule has 0 bridgehead atoms. The van der Waals surface area contributed by atoms with Crippen molar-refractivity contribution in [1.29, 1.82) is 0 Å². The largest absolute Gasteiger partial charge is 0.494 e. The Morgan fingerprint density at radius 3 is 2.39 bits per heavy atom. The second-order valence-electron chi connectivity index (χ2n) is 8.94. The van der Waals surface area contributed by atoms with Crippen LogP contribution < -0.4 is 4.90 Å². The van der Waals surface area contributed by atoms with E-state index < -0.39 is 0 Å². The maximum Gasteiger partial charge on any atom is 0.199 e. The predicted octanol–water partition coefficient (Wildman–Crippen LogP) is 6.48. The fourth-order valence-electron chi connectivity index (χ4n) is 5.10. The molecule has 164 valence electrons. The number of hydrogen-bond acceptors (Lipinski definition) is 3. The second-order valence-corrected chi connectivity index (χ2v) is 9.75. The van der Waals surface area contributed by atoms with E-state index in [1.807, 2.05) is 18.2 Å². The van der Waals surface area contributed by atoms with Gasteiger partial charge in [-0.2, -0.15) is 0 Å². The van der Waals surface area contributed by atoms with E-state index in [-0.39, 0.29) is 0 Å². The highest BCUT2D eigenvalue weighted by Crippen LogP contribution is 2.38. The van der Waals surface area contributed by atoms with E-state index in [4.69, 9.17) is 23.2 Å². The topological polar surface area (TPSA) is 31.6 Å². The van der Waals surface area contributed by atoms with Crippen LogP contribution in [0.5, 0.6) is 5.88 Å². The fourth-order valence-corrected chi connectivity index (χ4v) is 5.42. The van der Waals surface area contributed by atoms with Crippen molar-refractivity contribution in [3.8, 4) is 5.88 Å². The molecule has 0 unspecified atom stereocenters. The zero-order valence-corrected chi connectivity index (χ0v) is 19.2. The summed E-state index contributed by atoms with van der Waals surface area (Å²) in [5.74, 6) is 0.432. The van der Waals surface area contributed by atoms with Crippen molar-refractivity contribution in [3.05, 3.63) is 58.2 Å². The lowest BCUT2D eigenvalue weighted by molar-refractivity contribution is 0.250. The lowest BCUT2D eigenvalue weighted by Crippen LogP contribution is -2.45. The van der Waals surface area contributed by atoms with Crippen LogP contribution in [-0.2, 0) is 6.54 Å². The Labute approximate surface area is 194 Å².